The minimum Gasteiger partial charge on any atom is -0.258 e. The Bertz CT molecular complexity index is 725. The van der Waals surface area contributed by atoms with Crippen molar-refractivity contribution in [2.45, 2.75) is 0 Å². The first kappa shape index (κ1) is 15.9. The highest BCUT2D eigenvalue weighted by atomic mass is 35.5. The molecule has 22 heavy (non-hydrogen) atoms. The predicted octanol–water partition coefficient (Wildman–Crippen LogP) is 4.98. The molecule has 0 spiro atoms. The van der Waals surface area contributed by atoms with Crippen LogP contribution in [-0.4, -0.2) is 9.85 Å². The highest BCUT2D eigenvalue weighted by Gasteiger charge is 2.12. The third-order valence-corrected chi connectivity index (χ3v) is 3.41. The monoisotopic (exact) mass is 338 g/mol. The van der Waals surface area contributed by atoms with Gasteiger partial charge in [-0.05, 0) is 35.4 Å². The number of nitrogens with zero attached hydrogens (tertiary/aromatic N) is 2. The predicted molar refractivity (Wildman–Crippen MR) is 85.1 cm³/mol. The van der Waals surface area contributed by atoms with E-state index in [4.69, 9.17) is 23.2 Å². The van der Waals surface area contributed by atoms with Gasteiger partial charge in [0, 0.05) is 12.1 Å². The topological polar surface area (TPSA) is 86.3 Å². The molecular weight excluding hydrogens is 331 g/mol. The normalized spacial score (nSPS) is 10.8. The zero-order chi connectivity index (χ0) is 16.3. The van der Waals surface area contributed by atoms with E-state index in [1.165, 1.54) is 24.3 Å². The molecule has 0 fully saturated rings. The number of hydrogen-bond acceptors (Lipinski definition) is 4. The van der Waals surface area contributed by atoms with Crippen molar-refractivity contribution in [2.75, 3.05) is 0 Å². The Labute approximate surface area is 134 Å². The van der Waals surface area contributed by atoms with E-state index >= 15 is 0 Å². The van der Waals surface area contributed by atoms with Crippen LogP contribution in [0.1, 0.15) is 11.1 Å². The molecule has 0 saturated heterocycles. The molecule has 2 aromatic rings. The maximum absolute atomic E-state index is 10.7. The van der Waals surface area contributed by atoms with Crippen LogP contribution in [0, 0.1) is 20.2 Å². The number of benzene rings is 2. The van der Waals surface area contributed by atoms with Crippen LogP contribution in [-0.2, 0) is 0 Å². The molecule has 0 saturated carbocycles. The molecule has 2 aromatic carbocycles. The van der Waals surface area contributed by atoms with Crippen LogP contribution in [0.25, 0.3) is 12.2 Å². The highest BCUT2D eigenvalue weighted by molar-refractivity contribution is 6.33. The summed E-state index contributed by atoms with van der Waals surface area (Å²) < 4.78 is 0. The second kappa shape index (κ2) is 6.55. The van der Waals surface area contributed by atoms with Crippen LogP contribution >= 0.6 is 23.2 Å². The zero-order valence-electron chi connectivity index (χ0n) is 10.9. The fourth-order valence-electron chi connectivity index (χ4n) is 1.74. The summed E-state index contributed by atoms with van der Waals surface area (Å²) in [4.78, 5) is 20.2. The average molecular weight is 339 g/mol. The van der Waals surface area contributed by atoms with Gasteiger partial charge in [-0.2, -0.15) is 0 Å². The van der Waals surface area contributed by atoms with Crippen molar-refractivity contribution in [3.63, 3.8) is 0 Å². The molecule has 0 radical (unpaired) electrons. The van der Waals surface area contributed by atoms with E-state index in [0.717, 1.165) is 0 Å². The highest BCUT2D eigenvalue weighted by Crippen LogP contribution is 2.27. The second-order valence-corrected chi connectivity index (χ2v) is 5.08. The van der Waals surface area contributed by atoms with Crippen molar-refractivity contribution in [1.82, 2.24) is 0 Å². The minimum atomic E-state index is -0.564. The lowest BCUT2D eigenvalue weighted by Gasteiger charge is -1.99. The second-order valence-electron chi connectivity index (χ2n) is 4.27. The fourth-order valence-corrected chi connectivity index (χ4v) is 2.26. The molecule has 0 aliphatic heterocycles. The van der Waals surface area contributed by atoms with E-state index < -0.39 is 9.85 Å². The van der Waals surface area contributed by atoms with Gasteiger partial charge in [0.15, 0.2) is 0 Å². The first-order valence-corrected chi connectivity index (χ1v) is 6.70. The minimum absolute atomic E-state index is 0.0360. The molecule has 0 aromatic heterocycles. The fraction of sp³-hybridized carbons (Fsp3) is 0. The van der Waals surface area contributed by atoms with E-state index in [9.17, 15) is 20.2 Å². The molecule has 0 atom stereocenters. The molecule has 0 aliphatic carbocycles. The van der Waals surface area contributed by atoms with Gasteiger partial charge in [-0.25, -0.2) is 0 Å². The quantitative estimate of drug-likeness (QED) is 0.446. The standard InChI is InChI=1S/C14H8Cl2N2O4/c15-11-7-9(3-5-13(11)17(19)20)1-2-10-4-6-14(18(21)22)12(16)8-10/h1-8H. The van der Waals surface area contributed by atoms with Crippen LogP contribution in [0.4, 0.5) is 11.4 Å². The van der Waals surface area contributed by atoms with Crippen LogP contribution < -0.4 is 0 Å². The van der Waals surface area contributed by atoms with Gasteiger partial charge in [-0.3, -0.25) is 20.2 Å². The van der Waals surface area contributed by atoms with E-state index in [-0.39, 0.29) is 21.4 Å². The third-order valence-electron chi connectivity index (χ3n) is 2.81. The lowest BCUT2D eigenvalue weighted by atomic mass is 10.1. The van der Waals surface area contributed by atoms with Gasteiger partial charge in [-0.15, -0.1) is 0 Å². The smallest absolute Gasteiger partial charge is 0.258 e. The number of hydrogen-bond donors (Lipinski definition) is 0. The van der Waals surface area contributed by atoms with Gasteiger partial charge >= 0.3 is 0 Å². The van der Waals surface area contributed by atoms with Gasteiger partial charge in [0.2, 0.25) is 0 Å². The first-order chi connectivity index (χ1) is 10.4. The van der Waals surface area contributed by atoms with Gasteiger partial charge in [0.1, 0.15) is 10.0 Å². The molecule has 6 nitrogen and oxygen atoms in total. The largest absolute Gasteiger partial charge is 0.287 e. The van der Waals surface area contributed by atoms with Gasteiger partial charge < -0.3 is 0 Å². The van der Waals surface area contributed by atoms with Crippen molar-refractivity contribution < 1.29 is 9.85 Å². The summed E-state index contributed by atoms with van der Waals surface area (Å²) in [7, 11) is 0. The number of nitro groups is 2. The molecule has 0 aliphatic rings. The summed E-state index contributed by atoms with van der Waals surface area (Å²) in [6, 6.07) is 8.64. The summed E-state index contributed by atoms with van der Waals surface area (Å²) in [5, 5.41) is 21.4. The van der Waals surface area contributed by atoms with Gasteiger partial charge in [0.25, 0.3) is 11.4 Å². The van der Waals surface area contributed by atoms with E-state index in [2.05, 4.69) is 0 Å². The first-order valence-electron chi connectivity index (χ1n) is 5.94. The summed E-state index contributed by atoms with van der Waals surface area (Å²) in [5.74, 6) is 0. The molecule has 0 bridgehead atoms. The van der Waals surface area contributed by atoms with Gasteiger partial charge in [-0.1, -0.05) is 35.4 Å². The van der Waals surface area contributed by atoms with Crippen molar-refractivity contribution in [3.8, 4) is 0 Å². The third kappa shape index (κ3) is 3.60. The van der Waals surface area contributed by atoms with Crippen LogP contribution in [0.3, 0.4) is 0 Å². The Hall–Kier alpha value is -2.44. The van der Waals surface area contributed by atoms with Crippen molar-refractivity contribution in [1.29, 1.82) is 0 Å². The average Bonchev–Trinajstić information content (AvgIpc) is 2.44. The number of rotatable bonds is 4. The lowest BCUT2D eigenvalue weighted by molar-refractivity contribution is -0.384. The Morgan fingerprint density at radius 1 is 0.773 bits per heavy atom. The molecule has 0 amide bonds. The van der Waals surface area contributed by atoms with Crippen LogP contribution in [0.2, 0.25) is 10.0 Å². The zero-order valence-corrected chi connectivity index (χ0v) is 12.4. The molecule has 0 N–H and O–H groups in total. The lowest BCUT2D eigenvalue weighted by Crippen LogP contribution is -1.89. The maximum Gasteiger partial charge on any atom is 0.287 e. The van der Waals surface area contributed by atoms with Gasteiger partial charge in [0.05, 0.1) is 9.85 Å². The number of nitro benzene ring substituents is 2. The molecule has 112 valence electrons. The van der Waals surface area contributed by atoms with E-state index in [0.29, 0.717) is 11.1 Å². The van der Waals surface area contributed by atoms with E-state index in [1.54, 1.807) is 24.3 Å². The molecule has 2 rings (SSSR count). The van der Waals surface area contributed by atoms with Crippen LogP contribution in [0.15, 0.2) is 36.4 Å². The Kier molecular flexibility index (Phi) is 4.75. The summed E-state index contributed by atoms with van der Waals surface area (Å²) in [5.41, 5.74) is 0.976. The van der Waals surface area contributed by atoms with E-state index in [1.807, 2.05) is 0 Å². The SMILES string of the molecule is O=[N+]([O-])c1ccc(C=Cc2ccc([N+](=O)[O-])c(Cl)c2)cc1Cl. The van der Waals surface area contributed by atoms with Crippen molar-refractivity contribution in [2.24, 2.45) is 0 Å². The summed E-state index contributed by atoms with van der Waals surface area (Å²) in [6.07, 6.45) is 3.35. The number of halogens is 2. The summed E-state index contributed by atoms with van der Waals surface area (Å²) in [6.45, 7) is 0. The Balaban J connectivity index is 2.25. The molecular formula is C14H8Cl2N2O4. The van der Waals surface area contributed by atoms with Crippen LogP contribution in [0.5, 0.6) is 0 Å². The molecule has 8 heteroatoms. The maximum atomic E-state index is 10.7. The molecule has 0 unspecified atom stereocenters. The Morgan fingerprint density at radius 2 is 1.14 bits per heavy atom. The summed E-state index contributed by atoms with van der Waals surface area (Å²) >= 11 is 11.6. The molecule has 0 heterocycles. The Morgan fingerprint density at radius 3 is 1.41 bits per heavy atom. The van der Waals surface area contributed by atoms with Crippen molar-refractivity contribution >= 4 is 46.7 Å². The van der Waals surface area contributed by atoms with Crippen molar-refractivity contribution in [3.05, 3.63) is 77.8 Å².